The Labute approximate surface area is 153 Å². The van der Waals surface area contributed by atoms with Gasteiger partial charge in [-0.2, -0.15) is 5.10 Å². The first kappa shape index (κ1) is 17.2. The summed E-state index contributed by atoms with van der Waals surface area (Å²) in [6, 6.07) is 6.69. The maximum atomic E-state index is 13.1. The summed E-state index contributed by atoms with van der Waals surface area (Å²) in [6.45, 7) is 3.10. The van der Waals surface area contributed by atoms with Crippen molar-refractivity contribution in [2.75, 3.05) is 19.6 Å². The first-order valence-electron chi connectivity index (χ1n) is 9.54. The van der Waals surface area contributed by atoms with Crippen LogP contribution in [0.1, 0.15) is 42.5 Å². The van der Waals surface area contributed by atoms with Crippen molar-refractivity contribution < 1.29 is 9.18 Å². The third-order valence-corrected chi connectivity index (χ3v) is 5.77. The van der Waals surface area contributed by atoms with E-state index in [0.29, 0.717) is 29.8 Å². The van der Waals surface area contributed by atoms with Crippen LogP contribution in [0.25, 0.3) is 11.3 Å². The van der Waals surface area contributed by atoms with Gasteiger partial charge in [0.2, 0.25) is 0 Å². The summed E-state index contributed by atoms with van der Waals surface area (Å²) < 4.78 is 13.1. The Morgan fingerprint density at radius 2 is 2.00 bits per heavy atom. The van der Waals surface area contributed by atoms with Crippen LogP contribution in [-0.2, 0) is 0 Å². The number of benzene rings is 1. The standard InChI is InChI=1S/C20H25FN4O/c21-16-8-6-14(7-9-16)19-17(13-23-24-19)20(26)22-12-15-4-3-11-25-10-2-1-5-18(15)25/h6-9,13,15,18H,1-5,10-12H2,(H,22,26)(H,23,24)/t15-,18-/m1/s1. The highest BCUT2D eigenvalue weighted by molar-refractivity contribution is 5.99. The van der Waals surface area contributed by atoms with Crippen molar-refractivity contribution in [2.45, 2.75) is 38.1 Å². The zero-order chi connectivity index (χ0) is 17.9. The van der Waals surface area contributed by atoms with Crippen molar-refractivity contribution in [1.82, 2.24) is 20.4 Å². The summed E-state index contributed by atoms with van der Waals surface area (Å²) in [7, 11) is 0. The molecule has 0 radical (unpaired) electrons. The number of fused-ring (bicyclic) bond motifs is 1. The highest BCUT2D eigenvalue weighted by Crippen LogP contribution is 2.30. The zero-order valence-electron chi connectivity index (χ0n) is 14.9. The second-order valence-electron chi connectivity index (χ2n) is 7.38. The first-order valence-corrected chi connectivity index (χ1v) is 9.54. The van der Waals surface area contributed by atoms with Crippen molar-refractivity contribution >= 4 is 5.91 Å². The largest absolute Gasteiger partial charge is 0.352 e. The minimum atomic E-state index is -0.298. The van der Waals surface area contributed by atoms with E-state index < -0.39 is 0 Å². The molecule has 2 aliphatic heterocycles. The van der Waals surface area contributed by atoms with Gasteiger partial charge in [-0.05, 0) is 69.0 Å². The van der Waals surface area contributed by atoms with Gasteiger partial charge in [-0.15, -0.1) is 0 Å². The molecule has 0 spiro atoms. The summed E-state index contributed by atoms with van der Waals surface area (Å²) in [5.74, 6) is 0.105. The predicted octanol–water partition coefficient (Wildman–Crippen LogP) is 3.21. The lowest BCUT2D eigenvalue weighted by Crippen LogP contribution is -2.51. The Balaban J connectivity index is 1.43. The number of aromatic amines is 1. The SMILES string of the molecule is O=C(NC[C@H]1CCCN2CCCC[C@H]12)c1cn[nH]c1-c1ccc(F)cc1. The molecule has 2 aromatic rings. The average Bonchev–Trinajstić information content (AvgIpc) is 3.16. The van der Waals surface area contributed by atoms with Gasteiger partial charge in [0.1, 0.15) is 5.82 Å². The summed E-state index contributed by atoms with van der Waals surface area (Å²) >= 11 is 0. The van der Waals surface area contributed by atoms with E-state index in [9.17, 15) is 9.18 Å². The molecule has 0 unspecified atom stereocenters. The second kappa shape index (κ2) is 7.58. The molecule has 1 aromatic carbocycles. The number of amides is 1. The Kier molecular flexibility index (Phi) is 5.02. The van der Waals surface area contributed by atoms with E-state index in [1.807, 2.05) is 0 Å². The van der Waals surface area contributed by atoms with Gasteiger partial charge in [-0.3, -0.25) is 9.89 Å². The summed E-state index contributed by atoms with van der Waals surface area (Å²) in [4.78, 5) is 15.3. The van der Waals surface area contributed by atoms with E-state index >= 15 is 0 Å². The molecule has 1 aromatic heterocycles. The number of hydrogen-bond donors (Lipinski definition) is 2. The molecule has 138 valence electrons. The van der Waals surface area contributed by atoms with Crippen LogP contribution in [0.5, 0.6) is 0 Å². The number of halogens is 1. The Morgan fingerprint density at radius 1 is 1.19 bits per heavy atom. The number of carbonyl (C=O) groups is 1. The molecule has 2 saturated heterocycles. The van der Waals surface area contributed by atoms with Crippen LogP contribution in [0.15, 0.2) is 30.5 Å². The highest BCUT2D eigenvalue weighted by atomic mass is 19.1. The number of nitrogens with zero attached hydrogens (tertiary/aromatic N) is 2. The summed E-state index contributed by atoms with van der Waals surface area (Å²) in [5, 5.41) is 9.99. The monoisotopic (exact) mass is 356 g/mol. The molecule has 2 aliphatic rings. The molecule has 0 bridgehead atoms. The molecule has 2 fully saturated rings. The smallest absolute Gasteiger partial charge is 0.255 e. The number of rotatable bonds is 4. The normalized spacial score (nSPS) is 23.4. The van der Waals surface area contributed by atoms with Gasteiger partial charge in [0.05, 0.1) is 17.5 Å². The topological polar surface area (TPSA) is 61.0 Å². The fraction of sp³-hybridized carbons (Fsp3) is 0.500. The van der Waals surface area contributed by atoms with Crippen molar-refractivity contribution in [3.8, 4) is 11.3 Å². The minimum Gasteiger partial charge on any atom is -0.352 e. The van der Waals surface area contributed by atoms with Crippen molar-refractivity contribution in [3.63, 3.8) is 0 Å². The van der Waals surface area contributed by atoms with E-state index in [1.54, 1.807) is 18.3 Å². The van der Waals surface area contributed by atoms with Gasteiger partial charge < -0.3 is 10.2 Å². The summed E-state index contributed by atoms with van der Waals surface area (Å²) in [5.41, 5.74) is 1.89. The quantitative estimate of drug-likeness (QED) is 0.884. The molecule has 6 heteroatoms. The van der Waals surface area contributed by atoms with Gasteiger partial charge in [0, 0.05) is 18.2 Å². The lowest BCUT2D eigenvalue weighted by atomic mass is 9.83. The number of piperidine rings is 2. The highest BCUT2D eigenvalue weighted by Gasteiger charge is 2.33. The van der Waals surface area contributed by atoms with Crippen LogP contribution in [0, 0.1) is 11.7 Å². The van der Waals surface area contributed by atoms with Gasteiger partial charge in [0.15, 0.2) is 0 Å². The molecule has 0 saturated carbocycles. The Hall–Kier alpha value is -2.21. The van der Waals surface area contributed by atoms with Crippen molar-refractivity contribution in [2.24, 2.45) is 5.92 Å². The molecule has 0 aliphatic carbocycles. The minimum absolute atomic E-state index is 0.119. The van der Waals surface area contributed by atoms with E-state index in [2.05, 4.69) is 20.4 Å². The van der Waals surface area contributed by atoms with Crippen LogP contribution in [0.4, 0.5) is 4.39 Å². The fourth-order valence-electron chi connectivity index (χ4n) is 4.43. The maximum absolute atomic E-state index is 13.1. The maximum Gasteiger partial charge on any atom is 0.255 e. The van der Waals surface area contributed by atoms with E-state index in [-0.39, 0.29) is 11.7 Å². The van der Waals surface area contributed by atoms with Gasteiger partial charge in [-0.1, -0.05) is 6.42 Å². The van der Waals surface area contributed by atoms with Gasteiger partial charge >= 0.3 is 0 Å². The third-order valence-electron chi connectivity index (χ3n) is 5.77. The van der Waals surface area contributed by atoms with Crippen molar-refractivity contribution in [3.05, 3.63) is 41.8 Å². The van der Waals surface area contributed by atoms with Crippen LogP contribution in [0.3, 0.4) is 0 Å². The molecule has 2 N–H and O–H groups in total. The molecule has 1 amide bonds. The lowest BCUT2D eigenvalue weighted by Gasteiger charge is -2.44. The lowest BCUT2D eigenvalue weighted by molar-refractivity contribution is 0.0576. The molecular weight excluding hydrogens is 331 g/mol. The van der Waals surface area contributed by atoms with Crippen molar-refractivity contribution in [1.29, 1.82) is 0 Å². The molecule has 4 rings (SSSR count). The number of H-pyrrole nitrogens is 1. The molecule has 26 heavy (non-hydrogen) atoms. The average molecular weight is 356 g/mol. The molecule has 2 atom stereocenters. The Morgan fingerprint density at radius 3 is 2.85 bits per heavy atom. The van der Waals surface area contributed by atoms with Crippen LogP contribution in [-0.4, -0.2) is 46.7 Å². The predicted molar refractivity (Wildman–Crippen MR) is 98.3 cm³/mol. The molecular formula is C20H25FN4O. The third kappa shape index (κ3) is 3.51. The zero-order valence-corrected chi connectivity index (χ0v) is 14.9. The Bertz CT molecular complexity index is 755. The number of nitrogens with one attached hydrogen (secondary N) is 2. The molecule has 5 nitrogen and oxygen atoms in total. The van der Waals surface area contributed by atoms with E-state index in [4.69, 9.17) is 0 Å². The van der Waals surface area contributed by atoms with Gasteiger partial charge in [0.25, 0.3) is 5.91 Å². The van der Waals surface area contributed by atoms with Crippen LogP contribution in [0.2, 0.25) is 0 Å². The molecule has 3 heterocycles. The first-order chi connectivity index (χ1) is 12.7. The fourth-order valence-corrected chi connectivity index (χ4v) is 4.43. The summed E-state index contributed by atoms with van der Waals surface area (Å²) in [6.07, 6.45) is 7.77. The van der Waals surface area contributed by atoms with E-state index in [0.717, 1.165) is 5.56 Å². The van der Waals surface area contributed by atoms with Crippen LogP contribution < -0.4 is 5.32 Å². The number of carbonyl (C=O) groups excluding carboxylic acids is 1. The number of aromatic nitrogens is 2. The van der Waals surface area contributed by atoms with Gasteiger partial charge in [-0.25, -0.2) is 4.39 Å². The second-order valence-corrected chi connectivity index (χ2v) is 7.38. The van der Waals surface area contributed by atoms with Crippen LogP contribution >= 0.6 is 0 Å². The number of hydrogen-bond acceptors (Lipinski definition) is 3. The van der Waals surface area contributed by atoms with E-state index in [1.165, 1.54) is 57.3 Å².